The number of carbonyl (C=O) groups is 3. The maximum Gasteiger partial charge on any atom is 0.328 e. The summed E-state index contributed by atoms with van der Waals surface area (Å²) in [7, 11) is 0. The summed E-state index contributed by atoms with van der Waals surface area (Å²) < 4.78 is 5.20. The first kappa shape index (κ1) is 44.7. The average molecular weight is 695 g/mol. The number of aromatic nitrogens is 1. The Hall–Kier alpha value is -3.35. The topological polar surface area (TPSA) is 108 Å². The number of nitrogens with one attached hydrogen (secondary N) is 2. The molecule has 7 heteroatoms. The first-order chi connectivity index (χ1) is 24.4. The van der Waals surface area contributed by atoms with E-state index < -0.39 is 12.0 Å². The highest BCUT2D eigenvalue weighted by atomic mass is 16.5. The molecule has 2 aromatic rings. The van der Waals surface area contributed by atoms with Gasteiger partial charge in [-0.1, -0.05) is 140 Å². The second kappa shape index (κ2) is 31.6. The van der Waals surface area contributed by atoms with E-state index in [9.17, 15) is 14.4 Å². The van der Waals surface area contributed by atoms with Gasteiger partial charge in [0.15, 0.2) is 0 Å². The Balaban J connectivity index is 0.000000546. The number of hydrogen-bond donors (Lipinski definition) is 3. The predicted octanol–water partition coefficient (Wildman–Crippen LogP) is 11.6. The number of carbonyl (C=O) groups excluding carboxylic acids is 2. The zero-order valence-electron chi connectivity index (χ0n) is 31.8. The molecule has 0 unspecified atom stereocenters. The van der Waals surface area contributed by atoms with Gasteiger partial charge in [0, 0.05) is 36.4 Å². The molecule has 0 aliphatic heterocycles. The summed E-state index contributed by atoms with van der Waals surface area (Å²) in [4.78, 5) is 38.4. The smallest absolute Gasteiger partial charge is 0.328 e. The van der Waals surface area contributed by atoms with Gasteiger partial charge in [-0.3, -0.25) is 9.59 Å². The molecule has 282 valence electrons. The molecule has 0 radical (unpaired) electrons. The minimum absolute atomic E-state index is 0.0733. The molecule has 0 saturated carbocycles. The van der Waals surface area contributed by atoms with Crippen LogP contribution in [0.25, 0.3) is 10.9 Å². The summed E-state index contributed by atoms with van der Waals surface area (Å²) in [6.07, 6.45) is 36.0. The molecule has 1 aromatic heterocycles. The highest BCUT2D eigenvalue weighted by Crippen LogP contribution is 2.20. The van der Waals surface area contributed by atoms with Gasteiger partial charge in [0.25, 0.3) is 0 Å². The van der Waals surface area contributed by atoms with Crippen molar-refractivity contribution in [3.8, 4) is 0 Å². The van der Waals surface area contributed by atoms with E-state index in [0.29, 0.717) is 25.9 Å². The van der Waals surface area contributed by atoms with Crippen molar-refractivity contribution in [1.82, 2.24) is 10.3 Å². The highest BCUT2D eigenvalue weighted by Gasteiger charge is 2.23. The zero-order valence-corrected chi connectivity index (χ0v) is 31.8. The minimum atomic E-state index is -0.671. The van der Waals surface area contributed by atoms with Crippen molar-refractivity contribution in [2.75, 3.05) is 6.61 Å². The van der Waals surface area contributed by atoms with Gasteiger partial charge in [-0.15, -0.1) is 0 Å². The van der Waals surface area contributed by atoms with E-state index in [1.807, 2.05) is 30.5 Å². The van der Waals surface area contributed by atoms with E-state index in [0.717, 1.165) is 55.0 Å². The number of aliphatic carboxylic acids is 1. The number of allylic oxidation sites excluding steroid dienone is 4. The highest BCUT2D eigenvalue weighted by molar-refractivity contribution is 5.87. The number of hydrogen-bond acceptors (Lipinski definition) is 4. The molecular formula is C43H70N2O5. The van der Waals surface area contributed by atoms with Gasteiger partial charge in [-0.25, -0.2) is 4.79 Å². The van der Waals surface area contributed by atoms with Crippen LogP contribution in [0.4, 0.5) is 0 Å². The molecule has 0 spiro atoms. The number of unbranched alkanes of at least 4 members (excludes halogenated alkanes) is 16. The molecule has 0 aliphatic carbocycles. The number of fused-ring (bicyclic) bond motifs is 1. The Morgan fingerprint density at radius 2 is 1.26 bits per heavy atom. The summed E-state index contributed by atoms with van der Waals surface area (Å²) in [5.74, 6) is -1.12. The first-order valence-corrected chi connectivity index (χ1v) is 20.0. The van der Waals surface area contributed by atoms with Crippen LogP contribution in [-0.4, -0.2) is 40.6 Å². The Morgan fingerprint density at radius 3 is 1.88 bits per heavy atom. The standard InChI is InChI=1S/C25H38N2O3.C18H32O2/c1-3-5-6-7-8-9-10-11-12-17-24(28)27-23(25(29)30-4-2)18-20-19-26-22-16-14-13-15-21(20)22;1-2-3-4-5-6-7-8-9-10-11-12-13-14-15-16-17-18(19)20/h13-16,19,23,26H,3-12,17-18H2,1-2H3,(H,27,28);6-7,9-10H,2-5,8,11-17H2,1H3,(H,19,20)/b;7-6+,10-9+/t23-;/m0./s1. The Kier molecular flexibility index (Phi) is 28.2. The fourth-order valence-electron chi connectivity index (χ4n) is 5.91. The number of amides is 1. The number of esters is 1. The van der Waals surface area contributed by atoms with Gasteiger partial charge in [-0.05, 0) is 63.5 Å². The predicted molar refractivity (Wildman–Crippen MR) is 209 cm³/mol. The van der Waals surface area contributed by atoms with E-state index in [1.54, 1.807) is 6.92 Å². The van der Waals surface area contributed by atoms with Crippen molar-refractivity contribution in [2.45, 2.75) is 174 Å². The number of benzene rings is 1. The number of H-pyrrole nitrogens is 1. The van der Waals surface area contributed by atoms with Crippen LogP contribution in [0.3, 0.4) is 0 Å². The van der Waals surface area contributed by atoms with E-state index in [4.69, 9.17) is 9.84 Å². The Bertz CT molecular complexity index is 1200. The third-order valence-electron chi connectivity index (χ3n) is 8.85. The third-order valence-corrected chi connectivity index (χ3v) is 8.85. The van der Waals surface area contributed by atoms with Gasteiger partial charge in [-0.2, -0.15) is 0 Å². The molecule has 1 amide bonds. The number of carboxylic acid groups (broad SMARTS) is 1. The number of rotatable bonds is 29. The molecule has 0 saturated heterocycles. The van der Waals surface area contributed by atoms with E-state index in [-0.39, 0.29) is 11.9 Å². The van der Waals surface area contributed by atoms with E-state index in [1.165, 1.54) is 89.9 Å². The second-order valence-corrected chi connectivity index (χ2v) is 13.4. The van der Waals surface area contributed by atoms with E-state index in [2.05, 4.69) is 48.5 Å². The van der Waals surface area contributed by atoms with Crippen molar-refractivity contribution >= 4 is 28.7 Å². The molecule has 0 aliphatic rings. The molecule has 7 nitrogen and oxygen atoms in total. The van der Waals surface area contributed by atoms with Gasteiger partial charge in [0.05, 0.1) is 6.61 Å². The summed E-state index contributed by atoms with van der Waals surface area (Å²) in [5, 5.41) is 12.5. The third kappa shape index (κ3) is 23.9. The van der Waals surface area contributed by atoms with Crippen LogP contribution in [0.2, 0.25) is 0 Å². The molecular weight excluding hydrogens is 624 g/mol. The van der Waals surface area contributed by atoms with Crippen molar-refractivity contribution in [2.24, 2.45) is 0 Å². The lowest BCUT2D eigenvalue weighted by atomic mass is 10.0. The molecule has 2 rings (SSSR count). The molecule has 50 heavy (non-hydrogen) atoms. The van der Waals surface area contributed by atoms with Crippen LogP contribution in [0, 0.1) is 0 Å². The van der Waals surface area contributed by atoms with Crippen LogP contribution in [0.15, 0.2) is 54.8 Å². The van der Waals surface area contributed by atoms with Crippen molar-refractivity contribution < 1.29 is 24.2 Å². The van der Waals surface area contributed by atoms with Crippen molar-refractivity contribution in [1.29, 1.82) is 0 Å². The zero-order chi connectivity index (χ0) is 36.5. The largest absolute Gasteiger partial charge is 0.481 e. The summed E-state index contributed by atoms with van der Waals surface area (Å²) >= 11 is 0. The minimum Gasteiger partial charge on any atom is -0.481 e. The fraction of sp³-hybridized carbons (Fsp3) is 0.651. The molecule has 1 heterocycles. The van der Waals surface area contributed by atoms with Crippen LogP contribution < -0.4 is 5.32 Å². The first-order valence-electron chi connectivity index (χ1n) is 20.0. The van der Waals surface area contributed by atoms with Crippen molar-refractivity contribution in [3.63, 3.8) is 0 Å². The average Bonchev–Trinajstić information content (AvgIpc) is 3.52. The van der Waals surface area contributed by atoms with Gasteiger partial charge < -0.3 is 20.1 Å². The maximum absolute atomic E-state index is 12.4. The number of carboxylic acids is 1. The van der Waals surface area contributed by atoms with Gasteiger partial charge in [0.2, 0.25) is 5.91 Å². The van der Waals surface area contributed by atoms with Gasteiger partial charge >= 0.3 is 11.9 Å². The van der Waals surface area contributed by atoms with Gasteiger partial charge in [0.1, 0.15) is 6.04 Å². The molecule has 0 bridgehead atoms. The Labute approximate surface area is 304 Å². The van der Waals surface area contributed by atoms with Crippen LogP contribution in [0.1, 0.15) is 168 Å². The number of aromatic amines is 1. The lowest BCUT2D eigenvalue weighted by Crippen LogP contribution is -2.43. The Morgan fingerprint density at radius 1 is 0.720 bits per heavy atom. The SMILES string of the molecule is CCCCC/C=C/C/C=C/CCCCCCCC(=O)O.CCCCCCCCCCCC(=O)N[C@@H](Cc1c[nH]c2ccccc12)C(=O)OCC. The number of para-hydroxylation sites is 1. The van der Waals surface area contributed by atoms with Crippen LogP contribution in [0.5, 0.6) is 0 Å². The summed E-state index contributed by atoms with van der Waals surface area (Å²) in [5.41, 5.74) is 2.03. The lowest BCUT2D eigenvalue weighted by molar-refractivity contribution is -0.147. The van der Waals surface area contributed by atoms with Crippen LogP contribution in [-0.2, 0) is 25.5 Å². The van der Waals surface area contributed by atoms with Crippen molar-refractivity contribution in [3.05, 3.63) is 60.3 Å². The summed E-state index contributed by atoms with van der Waals surface area (Å²) in [6.45, 7) is 6.55. The fourth-order valence-corrected chi connectivity index (χ4v) is 5.91. The molecule has 3 N–H and O–H groups in total. The second-order valence-electron chi connectivity index (χ2n) is 13.4. The lowest BCUT2D eigenvalue weighted by Gasteiger charge is -2.17. The molecule has 1 aromatic carbocycles. The maximum atomic E-state index is 12.4. The number of ether oxygens (including phenoxy) is 1. The monoisotopic (exact) mass is 695 g/mol. The van der Waals surface area contributed by atoms with E-state index >= 15 is 0 Å². The molecule has 1 atom stereocenters. The normalized spacial score (nSPS) is 11.9. The van der Waals surface area contributed by atoms with Crippen LogP contribution >= 0.6 is 0 Å². The summed E-state index contributed by atoms with van der Waals surface area (Å²) in [6, 6.07) is 7.31. The molecule has 0 fully saturated rings. The quantitative estimate of drug-likeness (QED) is 0.0446.